The second-order valence-corrected chi connectivity index (χ2v) is 7.16. The summed E-state index contributed by atoms with van der Waals surface area (Å²) in [5, 5.41) is 0. The molecule has 0 aliphatic heterocycles. The van der Waals surface area contributed by atoms with Crippen molar-refractivity contribution in [3.8, 4) is 28.7 Å². The molecule has 1 aliphatic rings. The number of aromatic nitrogens is 5. The van der Waals surface area contributed by atoms with E-state index >= 15 is 0 Å². The van der Waals surface area contributed by atoms with Gasteiger partial charge in [-0.3, -0.25) is 0 Å². The molecule has 3 aromatic heterocycles. The second kappa shape index (κ2) is 7.38. The highest BCUT2D eigenvalue weighted by atomic mass is 16.5. The molecule has 140 valence electrons. The maximum Gasteiger partial charge on any atom is 0.213 e. The smallest absolute Gasteiger partial charge is 0.213 e. The maximum atomic E-state index is 5.99. The number of imidazole rings is 1. The number of fused-ring (bicyclic) bond motifs is 1. The molecule has 0 radical (unpaired) electrons. The summed E-state index contributed by atoms with van der Waals surface area (Å²) in [6, 6.07) is 11.8. The predicted molar refractivity (Wildman–Crippen MR) is 108 cm³/mol. The van der Waals surface area contributed by atoms with Gasteiger partial charge >= 0.3 is 0 Å². The minimum atomic E-state index is 0.298. The number of nitrogens with zero attached hydrogens (tertiary/aromatic N) is 4. The Morgan fingerprint density at radius 3 is 2.36 bits per heavy atom. The van der Waals surface area contributed by atoms with E-state index in [2.05, 4.69) is 24.9 Å². The third-order valence-electron chi connectivity index (χ3n) is 5.15. The van der Waals surface area contributed by atoms with E-state index in [0.717, 1.165) is 40.8 Å². The molecule has 0 amide bonds. The standard InChI is InChI=1S/C22H21N5O/c1-2-6-17(7-3-1)28-20-11-10-15(12-23-20)21-24-13-16(14-25-21)22-26-18-8-4-5-9-19(18)27-22/h4-5,8-14,17H,1-3,6-7H2,(H,26,27). The average molecular weight is 371 g/mol. The Bertz CT molecular complexity index is 1030. The van der Waals surface area contributed by atoms with Crippen molar-refractivity contribution in [2.75, 3.05) is 0 Å². The molecule has 0 unspecified atom stereocenters. The van der Waals surface area contributed by atoms with E-state index in [0.29, 0.717) is 17.8 Å². The minimum absolute atomic E-state index is 0.298. The molecule has 6 heteroatoms. The molecule has 1 N–H and O–H groups in total. The Balaban J connectivity index is 1.32. The first-order valence-electron chi connectivity index (χ1n) is 9.75. The van der Waals surface area contributed by atoms with Gasteiger partial charge in [0.15, 0.2) is 5.82 Å². The van der Waals surface area contributed by atoms with Gasteiger partial charge in [-0.15, -0.1) is 0 Å². The van der Waals surface area contributed by atoms with E-state index in [4.69, 9.17) is 4.74 Å². The normalized spacial score (nSPS) is 15.0. The van der Waals surface area contributed by atoms with Gasteiger partial charge < -0.3 is 9.72 Å². The zero-order chi connectivity index (χ0) is 18.8. The highest BCUT2D eigenvalue weighted by molar-refractivity contribution is 5.79. The van der Waals surface area contributed by atoms with Crippen LogP contribution in [0.4, 0.5) is 0 Å². The Morgan fingerprint density at radius 1 is 0.821 bits per heavy atom. The van der Waals surface area contributed by atoms with Gasteiger partial charge in [-0.25, -0.2) is 19.9 Å². The Labute approximate surface area is 163 Å². The molecule has 1 aromatic carbocycles. The summed E-state index contributed by atoms with van der Waals surface area (Å²) in [5.74, 6) is 2.08. The first-order valence-corrected chi connectivity index (χ1v) is 9.75. The van der Waals surface area contributed by atoms with E-state index in [9.17, 15) is 0 Å². The van der Waals surface area contributed by atoms with Crippen molar-refractivity contribution in [1.29, 1.82) is 0 Å². The van der Waals surface area contributed by atoms with Crippen LogP contribution in [0.15, 0.2) is 55.0 Å². The van der Waals surface area contributed by atoms with Crippen LogP contribution in [0.3, 0.4) is 0 Å². The summed E-state index contributed by atoms with van der Waals surface area (Å²) in [6.07, 6.45) is 11.7. The molecule has 3 heterocycles. The van der Waals surface area contributed by atoms with Crippen molar-refractivity contribution >= 4 is 11.0 Å². The van der Waals surface area contributed by atoms with Crippen LogP contribution in [0.5, 0.6) is 5.88 Å². The van der Waals surface area contributed by atoms with Crippen molar-refractivity contribution in [2.45, 2.75) is 38.2 Å². The van der Waals surface area contributed by atoms with Crippen molar-refractivity contribution in [1.82, 2.24) is 24.9 Å². The number of ether oxygens (including phenoxy) is 1. The van der Waals surface area contributed by atoms with Crippen LogP contribution in [0.1, 0.15) is 32.1 Å². The minimum Gasteiger partial charge on any atom is -0.474 e. The fraction of sp³-hybridized carbons (Fsp3) is 0.273. The van der Waals surface area contributed by atoms with Crippen LogP contribution in [0, 0.1) is 0 Å². The number of nitrogens with one attached hydrogen (secondary N) is 1. The van der Waals surface area contributed by atoms with Crippen LogP contribution in [-0.4, -0.2) is 31.0 Å². The van der Waals surface area contributed by atoms with Crippen molar-refractivity contribution in [2.24, 2.45) is 0 Å². The Hall–Kier alpha value is -3.28. The summed E-state index contributed by atoms with van der Waals surface area (Å²) in [4.78, 5) is 21.3. The van der Waals surface area contributed by atoms with Gasteiger partial charge in [-0.2, -0.15) is 0 Å². The van der Waals surface area contributed by atoms with Crippen LogP contribution >= 0.6 is 0 Å². The molecule has 0 bridgehead atoms. The molecule has 5 rings (SSSR count). The summed E-state index contributed by atoms with van der Waals surface area (Å²) in [6.45, 7) is 0. The van der Waals surface area contributed by atoms with Crippen LogP contribution in [0.2, 0.25) is 0 Å². The summed E-state index contributed by atoms with van der Waals surface area (Å²) >= 11 is 0. The third-order valence-corrected chi connectivity index (χ3v) is 5.15. The van der Waals surface area contributed by atoms with Gasteiger partial charge in [0.1, 0.15) is 11.9 Å². The Kier molecular flexibility index (Phi) is 4.45. The highest BCUT2D eigenvalue weighted by Gasteiger charge is 2.15. The number of pyridine rings is 1. The fourth-order valence-electron chi connectivity index (χ4n) is 3.62. The van der Waals surface area contributed by atoms with Crippen molar-refractivity contribution < 1.29 is 4.74 Å². The number of aromatic amines is 1. The predicted octanol–water partition coefficient (Wildman–Crippen LogP) is 4.79. The fourth-order valence-corrected chi connectivity index (χ4v) is 3.62. The number of rotatable bonds is 4. The molecule has 1 saturated carbocycles. The molecule has 1 aliphatic carbocycles. The lowest BCUT2D eigenvalue weighted by Gasteiger charge is -2.22. The SMILES string of the molecule is c1ccc2[nH]c(-c3cnc(-c4ccc(OC5CCCCC5)nc4)nc3)nc2c1. The summed E-state index contributed by atoms with van der Waals surface area (Å²) in [7, 11) is 0. The van der Waals surface area contributed by atoms with Gasteiger partial charge in [-0.05, 0) is 43.9 Å². The average Bonchev–Trinajstić information content (AvgIpc) is 3.20. The van der Waals surface area contributed by atoms with Gasteiger partial charge in [0.2, 0.25) is 5.88 Å². The lowest BCUT2D eigenvalue weighted by Crippen LogP contribution is -2.20. The van der Waals surface area contributed by atoms with Gasteiger partial charge in [-0.1, -0.05) is 18.6 Å². The molecule has 28 heavy (non-hydrogen) atoms. The quantitative estimate of drug-likeness (QED) is 0.558. The lowest BCUT2D eigenvalue weighted by atomic mass is 9.98. The van der Waals surface area contributed by atoms with Gasteiger partial charge in [0.25, 0.3) is 0 Å². The van der Waals surface area contributed by atoms with Crippen LogP contribution < -0.4 is 4.74 Å². The largest absolute Gasteiger partial charge is 0.474 e. The molecule has 0 atom stereocenters. The Morgan fingerprint density at radius 2 is 1.61 bits per heavy atom. The molecule has 1 fully saturated rings. The number of hydrogen-bond acceptors (Lipinski definition) is 5. The maximum absolute atomic E-state index is 5.99. The topological polar surface area (TPSA) is 76.6 Å². The van der Waals surface area contributed by atoms with E-state index in [1.807, 2.05) is 36.4 Å². The molecule has 0 saturated heterocycles. The number of hydrogen-bond donors (Lipinski definition) is 1. The lowest BCUT2D eigenvalue weighted by molar-refractivity contribution is 0.148. The highest BCUT2D eigenvalue weighted by Crippen LogP contribution is 2.24. The summed E-state index contributed by atoms with van der Waals surface area (Å²) in [5.41, 5.74) is 3.65. The summed E-state index contributed by atoms with van der Waals surface area (Å²) < 4.78 is 5.99. The van der Waals surface area contributed by atoms with Crippen molar-refractivity contribution in [3.05, 3.63) is 55.0 Å². The molecular weight excluding hydrogens is 350 g/mol. The third kappa shape index (κ3) is 3.45. The first-order chi connectivity index (χ1) is 13.8. The molecule has 4 aromatic rings. The number of H-pyrrole nitrogens is 1. The van der Waals surface area contributed by atoms with E-state index < -0.39 is 0 Å². The van der Waals surface area contributed by atoms with Crippen LogP contribution in [-0.2, 0) is 0 Å². The van der Waals surface area contributed by atoms with E-state index in [1.165, 1.54) is 19.3 Å². The molecule has 0 spiro atoms. The van der Waals surface area contributed by atoms with Gasteiger partial charge in [0.05, 0.1) is 16.6 Å². The number of para-hydroxylation sites is 2. The monoisotopic (exact) mass is 371 g/mol. The van der Waals surface area contributed by atoms with Crippen molar-refractivity contribution in [3.63, 3.8) is 0 Å². The number of benzene rings is 1. The zero-order valence-electron chi connectivity index (χ0n) is 15.5. The van der Waals surface area contributed by atoms with Gasteiger partial charge in [0, 0.05) is 30.2 Å². The zero-order valence-corrected chi connectivity index (χ0v) is 15.5. The van der Waals surface area contributed by atoms with E-state index in [1.54, 1.807) is 18.6 Å². The van der Waals surface area contributed by atoms with E-state index in [-0.39, 0.29) is 0 Å². The molecular formula is C22H21N5O. The molecule has 6 nitrogen and oxygen atoms in total. The first kappa shape index (κ1) is 16.9. The second-order valence-electron chi connectivity index (χ2n) is 7.16. The van der Waals surface area contributed by atoms with Crippen LogP contribution in [0.25, 0.3) is 33.8 Å².